The first-order valence-electron chi connectivity index (χ1n) is 4.48. The molecule has 0 unspecified atom stereocenters. The Kier molecular flexibility index (Phi) is 1.88. The molecular weight excluding hydrogens is 203 g/mol. The Labute approximate surface area is 80.9 Å². The third-order valence-corrected chi connectivity index (χ3v) is 8.37. The fourth-order valence-electron chi connectivity index (χ4n) is 1.66. The fourth-order valence-corrected chi connectivity index (χ4v) is 9.42. The average Bonchev–Trinajstić information content (AvgIpc) is 1.39. The molecule has 0 aliphatic carbocycles. The van der Waals surface area contributed by atoms with E-state index in [2.05, 4.69) is 32.7 Å². The third kappa shape index (κ3) is 1.43. The van der Waals surface area contributed by atoms with Crippen molar-refractivity contribution in [2.45, 2.75) is 38.3 Å². The van der Waals surface area contributed by atoms with Gasteiger partial charge in [-0.2, -0.15) is 0 Å². The van der Waals surface area contributed by atoms with Gasteiger partial charge in [0.15, 0.2) is 8.32 Å². The molecular formula is C6H15BO4Si2. The highest BCUT2D eigenvalue weighted by molar-refractivity contribution is 6.87. The van der Waals surface area contributed by atoms with Crippen molar-refractivity contribution < 1.29 is 18.1 Å². The van der Waals surface area contributed by atoms with Gasteiger partial charge in [0.05, 0.1) is 0 Å². The maximum absolute atomic E-state index is 6.07. The Balaban J connectivity index is 2.03. The normalized spacial score (nSPS) is 25.2. The van der Waals surface area contributed by atoms with E-state index in [0.29, 0.717) is 0 Å². The van der Waals surface area contributed by atoms with Crippen molar-refractivity contribution in [1.82, 2.24) is 0 Å². The van der Waals surface area contributed by atoms with Crippen LogP contribution in [0.3, 0.4) is 0 Å². The van der Waals surface area contributed by atoms with Gasteiger partial charge in [0.2, 0.25) is 0 Å². The summed E-state index contributed by atoms with van der Waals surface area (Å²) in [5, 5.41) is 0. The molecule has 0 aromatic rings. The van der Waals surface area contributed by atoms with Crippen molar-refractivity contribution in [1.29, 1.82) is 0 Å². The Morgan fingerprint density at radius 3 is 1.69 bits per heavy atom. The molecule has 3 aliphatic heterocycles. The van der Waals surface area contributed by atoms with Gasteiger partial charge in [-0.15, -0.1) is 0 Å². The molecule has 74 valence electrons. The lowest BCUT2D eigenvalue weighted by Gasteiger charge is -2.62. The molecule has 0 spiro atoms. The molecule has 7 heteroatoms. The van der Waals surface area contributed by atoms with E-state index in [1.165, 1.54) is 0 Å². The van der Waals surface area contributed by atoms with E-state index in [0.717, 1.165) is 0 Å². The van der Waals surface area contributed by atoms with Crippen LogP contribution in [0.15, 0.2) is 0 Å². The topological polar surface area (TPSA) is 36.9 Å². The van der Waals surface area contributed by atoms with Gasteiger partial charge in [0.25, 0.3) is 13.9 Å². The molecule has 3 rings (SSSR count). The van der Waals surface area contributed by atoms with Gasteiger partial charge in [-0.05, 0) is 32.7 Å². The highest BCUT2D eigenvalue weighted by Crippen LogP contribution is 2.49. The minimum atomic E-state index is -2.02. The van der Waals surface area contributed by atoms with Crippen LogP contribution in [0.4, 0.5) is 0 Å². The minimum Gasteiger partial charge on any atom is -0.451 e. The summed E-state index contributed by atoms with van der Waals surface area (Å²) in [6.07, 6.45) is 0. The fraction of sp³-hybridized carbons (Fsp3) is 1.00. The van der Waals surface area contributed by atoms with Gasteiger partial charge in [0, 0.05) is 0 Å². The predicted molar refractivity (Wildman–Crippen MR) is 53.7 cm³/mol. The van der Waals surface area contributed by atoms with E-state index in [9.17, 15) is 0 Å². The van der Waals surface area contributed by atoms with Crippen molar-refractivity contribution in [3.8, 4) is 0 Å². The Morgan fingerprint density at radius 2 is 1.46 bits per heavy atom. The van der Waals surface area contributed by atoms with Crippen LogP contribution < -0.4 is 0 Å². The minimum absolute atomic E-state index is 0.406. The summed E-state index contributed by atoms with van der Waals surface area (Å²) >= 11 is 0. The van der Waals surface area contributed by atoms with Crippen LogP contribution in [-0.2, 0) is 18.1 Å². The zero-order valence-corrected chi connectivity index (χ0v) is 10.7. The van der Waals surface area contributed by atoms with Crippen molar-refractivity contribution in [3.05, 3.63) is 0 Å². The van der Waals surface area contributed by atoms with Gasteiger partial charge in [0.1, 0.15) is 0 Å². The van der Waals surface area contributed by atoms with Crippen molar-refractivity contribution >= 4 is 24.0 Å². The highest BCUT2D eigenvalue weighted by atomic mass is 28.4. The van der Waals surface area contributed by atoms with Gasteiger partial charge < -0.3 is 18.1 Å². The van der Waals surface area contributed by atoms with Gasteiger partial charge in [-0.25, -0.2) is 0 Å². The lowest BCUT2D eigenvalue weighted by atomic mass is 10.1. The van der Waals surface area contributed by atoms with Gasteiger partial charge in [-0.3, -0.25) is 0 Å². The molecule has 3 heterocycles. The highest BCUT2D eigenvalue weighted by Gasteiger charge is 2.77. The maximum atomic E-state index is 6.07. The third-order valence-electron chi connectivity index (χ3n) is 2.05. The summed E-state index contributed by atoms with van der Waals surface area (Å²) in [6, 6.07) is 0. The zero-order chi connectivity index (χ0) is 9.91. The molecule has 3 aliphatic rings. The second-order valence-corrected chi connectivity index (χ2v) is 13.6. The molecule has 0 saturated carbocycles. The second kappa shape index (κ2) is 2.47. The van der Waals surface area contributed by atoms with Crippen molar-refractivity contribution in [3.63, 3.8) is 0 Å². The van der Waals surface area contributed by atoms with E-state index in [1.54, 1.807) is 0 Å². The van der Waals surface area contributed by atoms with Crippen LogP contribution in [0.2, 0.25) is 32.7 Å². The van der Waals surface area contributed by atoms with E-state index < -0.39 is 29.6 Å². The molecule has 3 saturated heterocycles. The first-order chi connectivity index (χ1) is 5.74. The van der Waals surface area contributed by atoms with E-state index in [1.807, 2.05) is 0 Å². The maximum Gasteiger partial charge on any atom is 0.650 e. The summed E-state index contributed by atoms with van der Waals surface area (Å²) in [7, 11) is -3.96. The first-order valence-corrected chi connectivity index (χ1v) is 10.8. The lowest BCUT2D eigenvalue weighted by Crippen LogP contribution is -2.85. The van der Waals surface area contributed by atoms with E-state index >= 15 is 0 Å². The van der Waals surface area contributed by atoms with E-state index in [-0.39, 0.29) is 0 Å². The smallest absolute Gasteiger partial charge is 0.451 e. The Morgan fingerprint density at radius 1 is 1.00 bits per heavy atom. The van der Waals surface area contributed by atoms with Crippen molar-refractivity contribution in [2.75, 3.05) is 0 Å². The molecule has 0 amide bonds. The second-order valence-electron chi connectivity index (χ2n) is 4.92. The summed E-state index contributed by atoms with van der Waals surface area (Å²) in [6.45, 7) is 10.6. The van der Waals surface area contributed by atoms with Crippen LogP contribution in [0.1, 0.15) is 0 Å². The van der Waals surface area contributed by atoms with Gasteiger partial charge >= 0.3 is 7.32 Å². The lowest BCUT2D eigenvalue weighted by molar-refractivity contribution is -0.419. The van der Waals surface area contributed by atoms with Gasteiger partial charge in [-0.1, -0.05) is 0 Å². The number of hydrogen-bond acceptors (Lipinski definition) is 4. The number of hydrogen-bond donors (Lipinski definition) is 0. The Hall–Kier alpha value is 0.339. The van der Waals surface area contributed by atoms with Crippen LogP contribution >= 0.6 is 0 Å². The van der Waals surface area contributed by atoms with Crippen LogP contribution in [-0.4, -0.2) is 29.6 Å². The van der Waals surface area contributed by atoms with Crippen molar-refractivity contribution in [2.24, 2.45) is 0 Å². The molecule has 0 aromatic heterocycles. The molecule has 0 atom stereocenters. The standard InChI is InChI=1S/C6H15BO4Si2/c1-12(2,3)11-13(4,5)6-8-7(9-6)10-6/h1-5H3. The monoisotopic (exact) mass is 218 g/mol. The van der Waals surface area contributed by atoms with Crippen LogP contribution in [0.25, 0.3) is 0 Å². The molecule has 13 heavy (non-hydrogen) atoms. The molecule has 0 aromatic carbocycles. The van der Waals surface area contributed by atoms with Crippen LogP contribution in [0.5, 0.6) is 0 Å². The Bertz CT molecular complexity index is 222. The quantitative estimate of drug-likeness (QED) is 0.669. The summed E-state index contributed by atoms with van der Waals surface area (Å²) in [5.74, 6) is 0. The molecule has 2 bridgehead atoms. The average molecular weight is 218 g/mol. The molecule has 4 nitrogen and oxygen atoms in total. The first kappa shape index (κ1) is 9.88. The zero-order valence-electron chi connectivity index (χ0n) is 8.71. The van der Waals surface area contributed by atoms with E-state index in [4.69, 9.17) is 18.1 Å². The summed E-state index contributed by atoms with van der Waals surface area (Å²) in [4.78, 5) is 0. The largest absolute Gasteiger partial charge is 0.650 e. The van der Waals surface area contributed by atoms with Crippen LogP contribution in [0, 0.1) is 0 Å². The molecule has 0 radical (unpaired) electrons. The molecule has 3 fully saturated rings. The summed E-state index contributed by atoms with van der Waals surface area (Å²) in [5.41, 5.74) is -0.780. The SMILES string of the molecule is C[Si](C)(C)O[Si](C)(C)C12OB(O1)O2. The number of rotatable bonds is 3. The molecule has 0 N–H and O–H groups in total. The predicted octanol–water partition coefficient (Wildman–Crippen LogP) is 1.30. The summed E-state index contributed by atoms with van der Waals surface area (Å²) < 4.78 is 22.1.